The van der Waals surface area contributed by atoms with Gasteiger partial charge < -0.3 is 9.47 Å². The van der Waals surface area contributed by atoms with Crippen molar-refractivity contribution in [1.82, 2.24) is 0 Å². The van der Waals surface area contributed by atoms with Crippen molar-refractivity contribution in [3.05, 3.63) is 35.6 Å². The van der Waals surface area contributed by atoms with Crippen molar-refractivity contribution in [2.45, 2.75) is 6.92 Å². The van der Waals surface area contributed by atoms with Crippen LogP contribution in [-0.4, -0.2) is 14.2 Å². The van der Waals surface area contributed by atoms with Crippen molar-refractivity contribution < 1.29 is 9.47 Å². The van der Waals surface area contributed by atoms with Crippen LogP contribution in [0.25, 0.3) is 6.08 Å². The molecule has 0 amide bonds. The predicted octanol–water partition coefficient (Wildman–Crippen LogP) is 2.62. The van der Waals surface area contributed by atoms with Gasteiger partial charge in [0.1, 0.15) is 5.75 Å². The zero-order valence-electron chi connectivity index (χ0n) is 8.20. The average molecular weight is 178 g/mol. The van der Waals surface area contributed by atoms with E-state index in [1.54, 1.807) is 20.5 Å². The molecule has 0 saturated carbocycles. The Labute approximate surface area is 78.8 Å². The maximum Gasteiger partial charge on any atom is 0.122 e. The molecule has 0 heterocycles. The molecule has 0 N–H and O–H groups in total. The molecule has 0 atom stereocenters. The van der Waals surface area contributed by atoms with Gasteiger partial charge in [-0.3, -0.25) is 0 Å². The van der Waals surface area contributed by atoms with Crippen LogP contribution in [0.4, 0.5) is 0 Å². The first kappa shape index (κ1) is 9.65. The highest BCUT2D eigenvalue weighted by Gasteiger charge is 1.97. The van der Waals surface area contributed by atoms with Crippen LogP contribution in [0, 0.1) is 6.92 Å². The smallest absolute Gasteiger partial charge is 0.122 e. The standard InChI is InChI=1S/C11H14O2/c1-9-4-5-10(6-7-12-2)8-11(9)13-3/h4-8H,1-3H3. The van der Waals surface area contributed by atoms with Gasteiger partial charge in [0.2, 0.25) is 0 Å². The number of rotatable bonds is 3. The fourth-order valence-electron chi connectivity index (χ4n) is 1.09. The highest BCUT2D eigenvalue weighted by Crippen LogP contribution is 2.19. The molecule has 0 aliphatic rings. The summed E-state index contributed by atoms with van der Waals surface area (Å²) in [5, 5.41) is 0. The molecule has 0 unspecified atom stereocenters. The van der Waals surface area contributed by atoms with Crippen LogP contribution in [-0.2, 0) is 4.74 Å². The molecule has 0 spiro atoms. The van der Waals surface area contributed by atoms with Gasteiger partial charge in [0.15, 0.2) is 0 Å². The molecule has 0 radical (unpaired) electrons. The maximum absolute atomic E-state index is 5.19. The van der Waals surface area contributed by atoms with Crippen LogP contribution in [0.5, 0.6) is 5.75 Å². The number of hydrogen-bond acceptors (Lipinski definition) is 2. The molecule has 0 fully saturated rings. The van der Waals surface area contributed by atoms with Gasteiger partial charge >= 0.3 is 0 Å². The van der Waals surface area contributed by atoms with E-state index < -0.39 is 0 Å². The molecule has 70 valence electrons. The third kappa shape index (κ3) is 2.51. The Morgan fingerprint density at radius 1 is 1.23 bits per heavy atom. The van der Waals surface area contributed by atoms with E-state index >= 15 is 0 Å². The van der Waals surface area contributed by atoms with Crippen LogP contribution < -0.4 is 4.74 Å². The summed E-state index contributed by atoms with van der Waals surface area (Å²) in [7, 11) is 3.30. The lowest BCUT2D eigenvalue weighted by Crippen LogP contribution is -1.87. The van der Waals surface area contributed by atoms with Crippen molar-refractivity contribution >= 4 is 6.08 Å². The molecule has 1 aromatic carbocycles. The Balaban J connectivity index is 2.92. The SMILES string of the molecule is COC=Cc1ccc(C)c(OC)c1. The molecule has 0 bridgehead atoms. The van der Waals surface area contributed by atoms with Crippen LogP contribution in [0.3, 0.4) is 0 Å². The Kier molecular flexibility index (Phi) is 3.38. The zero-order valence-corrected chi connectivity index (χ0v) is 8.20. The summed E-state index contributed by atoms with van der Waals surface area (Å²) in [5.74, 6) is 0.901. The van der Waals surface area contributed by atoms with Crippen LogP contribution in [0.1, 0.15) is 11.1 Å². The number of aryl methyl sites for hydroxylation is 1. The minimum atomic E-state index is 0.901. The third-order valence-electron chi connectivity index (χ3n) is 1.83. The van der Waals surface area contributed by atoms with E-state index in [1.165, 1.54) is 0 Å². The van der Waals surface area contributed by atoms with Gasteiger partial charge in [0, 0.05) is 0 Å². The van der Waals surface area contributed by atoms with Gasteiger partial charge in [0.05, 0.1) is 20.5 Å². The van der Waals surface area contributed by atoms with Crippen molar-refractivity contribution in [3.8, 4) is 5.75 Å². The zero-order chi connectivity index (χ0) is 9.68. The molecular weight excluding hydrogens is 164 g/mol. The molecule has 0 aliphatic heterocycles. The molecule has 2 nitrogen and oxygen atoms in total. The fourth-order valence-corrected chi connectivity index (χ4v) is 1.09. The molecule has 1 aromatic rings. The molecule has 13 heavy (non-hydrogen) atoms. The van der Waals surface area contributed by atoms with Gasteiger partial charge in [-0.1, -0.05) is 12.1 Å². The van der Waals surface area contributed by atoms with E-state index in [4.69, 9.17) is 9.47 Å². The maximum atomic E-state index is 5.19. The van der Waals surface area contributed by atoms with Crippen LogP contribution in [0.15, 0.2) is 24.5 Å². The largest absolute Gasteiger partial charge is 0.504 e. The van der Waals surface area contributed by atoms with Crippen molar-refractivity contribution in [1.29, 1.82) is 0 Å². The van der Waals surface area contributed by atoms with Crippen LogP contribution >= 0.6 is 0 Å². The Bertz CT molecular complexity index is 303. The Morgan fingerprint density at radius 2 is 2.00 bits per heavy atom. The summed E-state index contributed by atoms with van der Waals surface area (Å²) in [4.78, 5) is 0. The normalized spacial score (nSPS) is 10.4. The van der Waals surface area contributed by atoms with Gasteiger partial charge in [0.25, 0.3) is 0 Å². The second-order valence-corrected chi connectivity index (χ2v) is 2.77. The lowest BCUT2D eigenvalue weighted by molar-refractivity contribution is 0.341. The van der Waals surface area contributed by atoms with E-state index in [-0.39, 0.29) is 0 Å². The Hall–Kier alpha value is -1.44. The number of benzene rings is 1. The molecule has 1 rings (SSSR count). The topological polar surface area (TPSA) is 18.5 Å². The monoisotopic (exact) mass is 178 g/mol. The van der Waals surface area contributed by atoms with Crippen molar-refractivity contribution in [3.63, 3.8) is 0 Å². The summed E-state index contributed by atoms with van der Waals surface area (Å²) in [6.07, 6.45) is 3.53. The average Bonchev–Trinajstić information content (AvgIpc) is 2.16. The highest BCUT2D eigenvalue weighted by atomic mass is 16.5. The minimum absolute atomic E-state index is 0.901. The lowest BCUT2D eigenvalue weighted by atomic mass is 10.1. The number of methoxy groups -OCH3 is 2. The van der Waals surface area contributed by atoms with Gasteiger partial charge in [-0.2, -0.15) is 0 Å². The molecule has 0 aliphatic carbocycles. The molecule has 0 aromatic heterocycles. The van der Waals surface area contributed by atoms with E-state index in [9.17, 15) is 0 Å². The first-order valence-electron chi connectivity index (χ1n) is 4.12. The van der Waals surface area contributed by atoms with E-state index in [0.29, 0.717) is 0 Å². The second kappa shape index (κ2) is 4.55. The van der Waals surface area contributed by atoms with Gasteiger partial charge in [-0.25, -0.2) is 0 Å². The van der Waals surface area contributed by atoms with E-state index in [0.717, 1.165) is 16.9 Å². The third-order valence-corrected chi connectivity index (χ3v) is 1.83. The molecule has 0 saturated heterocycles. The van der Waals surface area contributed by atoms with Gasteiger partial charge in [-0.05, 0) is 30.2 Å². The summed E-state index contributed by atoms with van der Waals surface area (Å²) >= 11 is 0. The first-order valence-corrected chi connectivity index (χ1v) is 4.12. The highest BCUT2D eigenvalue weighted by molar-refractivity contribution is 5.52. The lowest BCUT2D eigenvalue weighted by Gasteiger charge is -2.04. The first-order chi connectivity index (χ1) is 6.27. The van der Waals surface area contributed by atoms with Crippen molar-refractivity contribution in [2.24, 2.45) is 0 Å². The molecular formula is C11H14O2. The number of ether oxygens (including phenoxy) is 2. The van der Waals surface area contributed by atoms with E-state index in [1.807, 2.05) is 31.2 Å². The quantitative estimate of drug-likeness (QED) is 0.662. The summed E-state index contributed by atoms with van der Waals surface area (Å²) in [5.41, 5.74) is 2.21. The summed E-state index contributed by atoms with van der Waals surface area (Å²) in [6.45, 7) is 2.02. The fraction of sp³-hybridized carbons (Fsp3) is 0.273. The van der Waals surface area contributed by atoms with Crippen LogP contribution in [0.2, 0.25) is 0 Å². The Morgan fingerprint density at radius 3 is 2.62 bits per heavy atom. The van der Waals surface area contributed by atoms with Gasteiger partial charge in [-0.15, -0.1) is 0 Å². The molecule has 2 heteroatoms. The van der Waals surface area contributed by atoms with Crippen molar-refractivity contribution in [2.75, 3.05) is 14.2 Å². The van der Waals surface area contributed by atoms with E-state index in [2.05, 4.69) is 0 Å². The summed E-state index contributed by atoms with van der Waals surface area (Å²) in [6, 6.07) is 6.02. The second-order valence-electron chi connectivity index (χ2n) is 2.77. The minimum Gasteiger partial charge on any atom is -0.504 e. The predicted molar refractivity (Wildman–Crippen MR) is 53.8 cm³/mol. The number of hydrogen-bond donors (Lipinski definition) is 0. The summed E-state index contributed by atoms with van der Waals surface area (Å²) < 4.78 is 10.0.